The predicted octanol–water partition coefficient (Wildman–Crippen LogP) is 1.38. The third-order valence-electron chi connectivity index (χ3n) is 1.77. The summed E-state index contributed by atoms with van der Waals surface area (Å²) in [6.07, 6.45) is 3.07. The minimum Gasteiger partial charge on any atom is -0.318 e. The molecule has 14 heavy (non-hydrogen) atoms. The van der Waals surface area contributed by atoms with E-state index in [0.717, 1.165) is 0 Å². The first kappa shape index (κ1) is 10.4. The number of nitrogens with zero attached hydrogens (tertiary/aromatic N) is 1. The van der Waals surface area contributed by atoms with E-state index in [1.54, 1.807) is 19.9 Å². The lowest BCUT2D eigenvalue weighted by molar-refractivity contribution is -0.140. The molecule has 0 saturated carbocycles. The van der Waals surface area contributed by atoms with Crippen molar-refractivity contribution in [2.75, 3.05) is 0 Å². The van der Waals surface area contributed by atoms with Gasteiger partial charge in [-0.1, -0.05) is 5.16 Å². The van der Waals surface area contributed by atoms with Crippen LogP contribution in [-0.2, 0) is 14.4 Å². The van der Waals surface area contributed by atoms with Crippen molar-refractivity contribution < 1.29 is 14.4 Å². The van der Waals surface area contributed by atoms with Gasteiger partial charge < -0.3 is 4.84 Å². The van der Waals surface area contributed by atoms with Crippen LogP contribution >= 0.6 is 0 Å². The van der Waals surface area contributed by atoms with Crippen LogP contribution in [0.2, 0.25) is 0 Å². The van der Waals surface area contributed by atoms with Crippen LogP contribution in [0.4, 0.5) is 0 Å². The van der Waals surface area contributed by atoms with Crippen LogP contribution in [0.3, 0.4) is 0 Å². The van der Waals surface area contributed by atoms with Gasteiger partial charge in [0.15, 0.2) is 5.78 Å². The molecular formula is C10H11NO3. The monoisotopic (exact) mass is 193 g/mol. The summed E-state index contributed by atoms with van der Waals surface area (Å²) >= 11 is 0. The maximum atomic E-state index is 11.2. The van der Waals surface area contributed by atoms with E-state index < -0.39 is 5.97 Å². The van der Waals surface area contributed by atoms with E-state index in [1.807, 2.05) is 0 Å². The molecular weight excluding hydrogens is 182 g/mol. The van der Waals surface area contributed by atoms with Crippen LogP contribution in [0.15, 0.2) is 28.5 Å². The van der Waals surface area contributed by atoms with Crippen molar-refractivity contribution in [3.05, 3.63) is 23.3 Å². The lowest BCUT2D eigenvalue weighted by Gasteiger charge is -2.07. The molecule has 0 aromatic rings. The summed E-state index contributed by atoms with van der Waals surface area (Å²) in [6.45, 7) is 4.70. The van der Waals surface area contributed by atoms with E-state index in [0.29, 0.717) is 16.9 Å². The Labute approximate surface area is 81.9 Å². The highest BCUT2D eigenvalue weighted by molar-refractivity contribution is 6.21. The first-order chi connectivity index (χ1) is 6.50. The second kappa shape index (κ2) is 4.00. The molecule has 0 aliphatic heterocycles. The Hall–Kier alpha value is -1.71. The standard InChI is InChI=1S/C10H11NO3/c1-6-5-10(13)7(2)4-9(6)11-14-8(3)12/h4-5H,1-3H3/b11-9+. The van der Waals surface area contributed by atoms with Crippen molar-refractivity contribution in [2.45, 2.75) is 20.8 Å². The normalized spacial score (nSPS) is 19.1. The maximum Gasteiger partial charge on any atom is 0.332 e. The summed E-state index contributed by atoms with van der Waals surface area (Å²) in [5.74, 6) is -0.516. The van der Waals surface area contributed by atoms with Gasteiger partial charge in [0.05, 0.1) is 0 Å². The molecule has 4 heteroatoms. The van der Waals surface area contributed by atoms with E-state index >= 15 is 0 Å². The molecule has 0 bridgehead atoms. The van der Waals surface area contributed by atoms with E-state index in [2.05, 4.69) is 9.99 Å². The fourth-order valence-corrected chi connectivity index (χ4v) is 0.986. The number of ketones is 1. The topological polar surface area (TPSA) is 55.7 Å². The third kappa shape index (κ3) is 2.39. The van der Waals surface area contributed by atoms with Gasteiger partial charge in [0.1, 0.15) is 5.71 Å². The molecule has 0 aromatic heterocycles. The lowest BCUT2D eigenvalue weighted by Crippen LogP contribution is -2.11. The second-order valence-electron chi connectivity index (χ2n) is 3.08. The Bertz CT molecular complexity index is 375. The van der Waals surface area contributed by atoms with Gasteiger partial charge in [-0.3, -0.25) is 4.79 Å². The Morgan fingerprint density at radius 2 is 1.93 bits per heavy atom. The summed E-state index contributed by atoms with van der Waals surface area (Å²) < 4.78 is 0. The van der Waals surface area contributed by atoms with Crippen LogP contribution in [0.25, 0.3) is 0 Å². The Balaban J connectivity index is 2.90. The highest BCUT2D eigenvalue weighted by atomic mass is 16.7. The van der Waals surface area contributed by atoms with Crippen molar-refractivity contribution in [1.29, 1.82) is 0 Å². The number of carbonyl (C=O) groups excluding carboxylic acids is 2. The van der Waals surface area contributed by atoms with E-state index in [9.17, 15) is 9.59 Å². The maximum absolute atomic E-state index is 11.2. The number of allylic oxidation sites excluding steroid dienone is 4. The number of oxime groups is 1. The fourth-order valence-electron chi connectivity index (χ4n) is 0.986. The molecule has 0 saturated heterocycles. The number of hydrogen-bond donors (Lipinski definition) is 0. The Morgan fingerprint density at radius 1 is 1.29 bits per heavy atom. The van der Waals surface area contributed by atoms with Gasteiger partial charge in [-0.15, -0.1) is 0 Å². The number of hydrogen-bond acceptors (Lipinski definition) is 4. The van der Waals surface area contributed by atoms with Gasteiger partial charge in [0.2, 0.25) is 0 Å². The molecule has 0 radical (unpaired) electrons. The fraction of sp³-hybridized carbons (Fsp3) is 0.300. The van der Waals surface area contributed by atoms with Gasteiger partial charge in [0.25, 0.3) is 0 Å². The molecule has 74 valence electrons. The van der Waals surface area contributed by atoms with E-state index in [4.69, 9.17) is 0 Å². The van der Waals surface area contributed by atoms with Gasteiger partial charge in [0, 0.05) is 6.92 Å². The molecule has 0 fully saturated rings. The van der Waals surface area contributed by atoms with Gasteiger partial charge in [-0.2, -0.15) is 0 Å². The molecule has 1 aliphatic rings. The zero-order chi connectivity index (χ0) is 10.7. The average Bonchev–Trinajstić information content (AvgIpc) is 2.09. The van der Waals surface area contributed by atoms with Gasteiger partial charge in [-0.25, -0.2) is 4.79 Å². The summed E-state index contributed by atoms with van der Waals surface area (Å²) in [7, 11) is 0. The molecule has 0 amide bonds. The predicted molar refractivity (Wildman–Crippen MR) is 51.7 cm³/mol. The smallest absolute Gasteiger partial charge is 0.318 e. The minimum absolute atomic E-state index is 0.0377. The van der Waals surface area contributed by atoms with E-state index in [-0.39, 0.29) is 5.78 Å². The van der Waals surface area contributed by atoms with Crippen molar-refractivity contribution in [1.82, 2.24) is 0 Å². The summed E-state index contributed by atoms with van der Waals surface area (Å²) in [4.78, 5) is 26.2. The van der Waals surface area contributed by atoms with Crippen molar-refractivity contribution in [2.24, 2.45) is 5.16 Å². The molecule has 0 atom stereocenters. The highest BCUT2D eigenvalue weighted by Gasteiger charge is 2.13. The van der Waals surface area contributed by atoms with Crippen LogP contribution in [-0.4, -0.2) is 17.5 Å². The number of rotatable bonds is 1. The lowest BCUT2D eigenvalue weighted by atomic mass is 9.99. The molecule has 0 unspecified atom stereocenters. The SMILES string of the molecule is CC(=O)O/N=C1\C=C(C)C(=O)C=C1C. The Kier molecular flexibility index (Phi) is 2.96. The summed E-state index contributed by atoms with van der Waals surface area (Å²) in [5, 5.41) is 3.62. The first-order valence-electron chi connectivity index (χ1n) is 4.17. The zero-order valence-corrected chi connectivity index (χ0v) is 8.33. The Morgan fingerprint density at radius 3 is 2.50 bits per heavy atom. The van der Waals surface area contributed by atoms with Crippen LogP contribution in [0.5, 0.6) is 0 Å². The van der Waals surface area contributed by atoms with Crippen molar-refractivity contribution in [3.8, 4) is 0 Å². The minimum atomic E-state index is -0.478. The summed E-state index contributed by atoms with van der Waals surface area (Å²) in [5.41, 5.74) is 1.79. The van der Waals surface area contributed by atoms with Crippen molar-refractivity contribution >= 4 is 17.5 Å². The molecule has 4 nitrogen and oxygen atoms in total. The molecule has 0 heterocycles. The molecule has 1 aliphatic carbocycles. The van der Waals surface area contributed by atoms with Crippen LogP contribution in [0.1, 0.15) is 20.8 Å². The first-order valence-corrected chi connectivity index (χ1v) is 4.17. The molecule has 0 spiro atoms. The largest absolute Gasteiger partial charge is 0.332 e. The summed E-state index contributed by atoms with van der Waals surface area (Å²) in [6, 6.07) is 0. The molecule has 0 aromatic carbocycles. The van der Waals surface area contributed by atoms with Crippen LogP contribution < -0.4 is 0 Å². The van der Waals surface area contributed by atoms with Crippen LogP contribution in [0, 0.1) is 0 Å². The number of carbonyl (C=O) groups is 2. The van der Waals surface area contributed by atoms with Crippen molar-refractivity contribution in [3.63, 3.8) is 0 Å². The highest BCUT2D eigenvalue weighted by Crippen LogP contribution is 2.11. The quantitative estimate of drug-likeness (QED) is 0.359. The second-order valence-corrected chi connectivity index (χ2v) is 3.08. The van der Waals surface area contributed by atoms with E-state index in [1.165, 1.54) is 13.0 Å². The average molecular weight is 193 g/mol. The zero-order valence-electron chi connectivity index (χ0n) is 8.33. The van der Waals surface area contributed by atoms with Gasteiger partial charge in [-0.05, 0) is 37.1 Å². The molecule has 1 rings (SSSR count). The van der Waals surface area contributed by atoms with Gasteiger partial charge >= 0.3 is 5.97 Å². The third-order valence-corrected chi connectivity index (χ3v) is 1.77. The molecule has 0 N–H and O–H groups in total.